The highest BCUT2D eigenvalue weighted by molar-refractivity contribution is 9.09. The Morgan fingerprint density at radius 3 is 2.25 bits per heavy atom. The minimum atomic E-state index is 0.407. The lowest BCUT2D eigenvalue weighted by Gasteiger charge is -2.03. The topological polar surface area (TPSA) is 0 Å². The van der Waals surface area contributed by atoms with Gasteiger partial charge in [-0.25, -0.2) is 0 Å². The first-order chi connectivity index (χ1) is 3.66. The molecule has 2 atom stereocenters. The number of hydrogen-bond donors (Lipinski definition) is 0. The van der Waals surface area contributed by atoms with E-state index in [0.29, 0.717) is 10.7 Å². The fraction of sp³-hybridized carbons (Fsp3) is 0.714. The highest BCUT2D eigenvalue weighted by Gasteiger charge is 2.00. The molecule has 0 radical (unpaired) electrons. The minimum Gasteiger partial charge on any atom is -0.120 e. The summed E-state index contributed by atoms with van der Waals surface area (Å²) in [6, 6.07) is 0. The largest absolute Gasteiger partial charge is 0.120 e. The van der Waals surface area contributed by atoms with Gasteiger partial charge >= 0.3 is 0 Å². The van der Waals surface area contributed by atoms with Gasteiger partial charge in [0.15, 0.2) is 0 Å². The summed E-state index contributed by atoms with van der Waals surface area (Å²) in [5, 5.41) is 0. The predicted molar refractivity (Wildman–Crippen MR) is 41.0 cm³/mol. The summed E-state index contributed by atoms with van der Waals surface area (Å²) >= 11 is 3.42. The molecule has 8 heavy (non-hydrogen) atoms. The van der Waals surface area contributed by atoms with E-state index in [-0.39, 0.29) is 0 Å². The second-order valence-corrected chi connectivity index (χ2v) is 3.65. The molecule has 0 aliphatic carbocycles. The summed E-state index contributed by atoms with van der Waals surface area (Å²) in [6.45, 7) is 4.16. The molecule has 1 heteroatoms. The van der Waals surface area contributed by atoms with E-state index in [1.54, 1.807) is 0 Å². The third kappa shape index (κ3) is 4.21. The van der Waals surface area contributed by atoms with Crippen LogP contribution < -0.4 is 0 Å². The highest BCUT2D eigenvalue weighted by Crippen LogP contribution is 2.10. The summed E-state index contributed by atoms with van der Waals surface area (Å²) < 4.78 is 0. The zero-order valence-electron chi connectivity index (χ0n) is 5.32. The normalized spacial score (nSPS) is 16.8. The molecule has 0 heterocycles. The van der Waals surface area contributed by atoms with Crippen LogP contribution in [-0.4, -0.2) is 4.83 Å². The zero-order chi connectivity index (χ0) is 6.57. The highest BCUT2D eigenvalue weighted by atomic mass is 79.9. The Balaban J connectivity index is 3.28. The Bertz CT molecular complexity index is 89.1. The molecule has 0 fully saturated rings. The molecule has 0 aliphatic rings. The SMILES string of the molecule is C#CC(C)CC(C)Br. The standard InChI is InChI=1S/C7H11Br/c1-4-6(2)5-7(3)8/h1,6-7H,5H2,2-3H3. The van der Waals surface area contributed by atoms with Crippen molar-refractivity contribution in [3.8, 4) is 12.3 Å². The van der Waals surface area contributed by atoms with Crippen LogP contribution in [0.4, 0.5) is 0 Å². The van der Waals surface area contributed by atoms with Gasteiger partial charge in [0.25, 0.3) is 0 Å². The van der Waals surface area contributed by atoms with Crippen LogP contribution in [0, 0.1) is 18.3 Å². The quantitative estimate of drug-likeness (QED) is 0.446. The van der Waals surface area contributed by atoms with Crippen molar-refractivity contribution in [2.24, 2.45) is 5.92 Å². The third-order valence-electron chi connectivity index (χ3n) is 0.963. The van der Waals surface area contributed by atoms with Crippen molar-refractivity contribution in [1.82, 2.24) is 0 Å². The van der Waals surface area contributed by atoms with Crippen molar-refractivity contribution < 1.29 is 0 Å². The average Bonchev–Trinajstić information content (AvgIpc) is 1.65. The van der Waals surface area contributed by atoms with Crippen LogP contribution in [0.25, 0.3) is 0 Å². The van der Waals surface area contributed by atoms with Gasteiger partial charge in [0.05, 0.1) is 0 Å². The minimum absolute atomic E-state index is 0.407. The van der Waals surface area contributed by atoms with Crippen molar-refractivity contribution in [3.05, 3.63) is 0 Å². The maximum Gasteiger partial charge on any atom is 0.0182 e. The van der Waals surface area contributed by atoms with Crippen LogP contribution in [-0.2, 0) is 0 Å². The fourth-order valence-corrected chi connectivity index (χ4v) is 1.12. The van der Waals surface area contributed by atoms with Crippen molar-refractivity contribution in [1.29, 1.82) is 0 Å². The van der Waals surface area contributed by atoms with E-state index in [0.717, 1.165) is 6.42 Å². The van der Waals surface area contributed by atoms with Crippen LogP contribution in [0.3, 0.4) is 0 Å². The van der Waals surface area contributed by atoms with Gasteiger partial charge in [-0.05, 0) is 6.42 Å². The van der Waals surface area contributed by atoms with Gasteiger partial charge in [0, 0.05) is 10.7 Å². The maximum absolute atomic E-state index is 5.15. The molecule has 0 aromatic heterocycles. The zero-order valence-corrected chi connectivity index (χ0v) is 6.90. The molecule has 0 bridgehead atoms. The second kappa shape index (κ2) is 3.97. The van der Waals surface area contributed by atoms with E-state index < -0.39 is 0 Å². The number of hydrogen-bond acceptors (Lipinski definition) is 0. The van der Waals surface area contributed by atoms with E-state index in [2.05, 4.69) is 35.7 Å². The summed E-state index contributed by atoms with van der Waals surface area (Å²) in [5.41, 5.74) is 0. The summed E-state index contributed by atoms with van der Waals surface area (Å²) in [5.74, 6) is 3.07. The predicted octanol–water partition coefficient (Wildman–Crippen LogP) is 2.43. The molecule has 0 rings (SSSR count). The fourth-order valence-electron chi connectivity index (χ4n) is 0.555. The lowest BCUT2D eigenvalue weighted by molar-refractivity contribution is 0.671. The smallest absolute Gasteiger partial charge is 0.0182 e. The molecular weight excluding hydrogens is 164 g/mol. The Hall–Kier alpha value is 0.0400. The number of rotatable bonds is 2. The Morgan fingerprint density at radius 1 is 1.62 bits per heavy atom. The maximum atomic E-state index is 5.15. The van der Waals surface area contributed by atoms with Crippen molar-refractivity contribution in [2.45, 2.75) is 25.1 Å². The van der Waals surface area contributed by atoms with E-state index in [1.165, 1.54) is 0 Å². The summed E-state index contributed by atoms with van der Waals surface area (Å²) in [4.78, 5) is 0.550. The second-order valence-electron chi connectivity index (χ2n) is 2.08. The van der Waals surface area contributed by atoms with E-state index in [4.69, 9.17) is 6.42 Å². The van der Waals surface area contributed by atoms with Crippen LogP contribution in [0.15, 0.2) is 0 Å². The molecule has 0 aromatic carbocycles. The molecular formula is C7H11Br. The lowest BCUT2D eigenvalue weighted by atomic mass is 10.1. The van der Waals surface area contributed by atoms with E-state index in [9.17, 15) is 0 Å². The third-order valence-corrected chi connectivity index (χ3v) is 1.34. The Kier molecular flexibility index (Phi) is 3.99. The Morgan fingerprint density at radius 2 is 2.12 bits per heavy atom. The van der Waals surface area contributed by atoms with Gasteiger partial charge in [0.1, 0.15) is 0 Å². The van der Waals surface area contributed by atoms with E-state index in [1.807, 2.05) is 0 Å². The van der Waals surface area contributed by atoms with Crippen molar-refractivity contribution in [3.63, 3.8) is 0 Å². The average molecular weight is 175 g/mol. The van der Waals surface area contributed by atoms with Crippen LogP contribution >= 0.6 is 15.9 Å². The Labute approximate surface area is 59.8 Å². The molecule has 0 nitrogen and oxygen atoms in total. The molecule has 0 aliphatic heterocycles. The first kappa shape index (κ1) is 8.04. The van der Waals surface area contributed by atoms with Crippen LogP contribution in [0.2, 0.25) is 0 Å². The molecule has 46 valence electrons. The summed E-state index contributed by atoms with van der Waals surface area (Å²) in [7, 11) is 0. The number of alkyl halides is 1. The number of terminal acetylenes is 1. The molecule has 2 unspecified atom stereocenters. The van der Waals surface area contributed by atoms with Gasteiger partial charge in [0.2, 0.25) is 0 Å². The molecule has 0 amide bonds. The number of halogens is 1. The van der Waals surface area contributed by atoms with Crippen LogP contribution in [0.1, 0.15) is 20.3 Å². The lowest BCUT2D eigenvalue weighted by Crippen LogP contribution is -1.97. The van der Waals surface area contributed by atoms with Gasteiger partial charge < -0.3 is 0 Å². The molecule has 0 saturated heterocycles. The summed E-state index contributed by atoms with van der Waals surface area (Å²) in [6.07, 6.45) is 6.22. The van der Waals surface area contributed by atoms with Gasteiger partial charge in [-0.3, -0.25) is 0 Å². The molecule has 0 aromatic rings. The molecule has 0 saturated carbocycles. The molecule has 0 N–H and O–H groups in total. The van der Waals surface area contributed by atoms with Gasteiger partial charge in [-0.15, -0.1) is 12.3 Å². The first-order valence-corrected chi connectivity index (χ1v) is 3.68. The monoisotopic (exact) mass is 174 g/mol. The van der Waals surface area contributed by atoms with E-state index >= 15 is 0 Å². The van der Waals surface area contributed by atoms with Crippen LogP contribution in [0.5, 0.6) is 0 Å². The molecule has 0 spiro atoms. The van der Waals surface area contributed by atoms with Crippen molar-refractivity contribution >= 4 is 15.9 Å². The van der Waals surface area contributed by atoms with Gasteiger partial charge in [-0.2, -0.15) is 0 Å². The first-order valence-electron chi connectivity index (χ1n) is 2.77. The van der Waals surface area contributed by atoms with Crippen molar-refractivity contribution in [2.75, 3.05) is 0 Å². The van der Waals surface area contributed by atoms with Gasteiger partial charge in [-0.1, -0.05) is 29.8 Å².